The van der Waals surface area contributed by atoms with Gasteiger partial charge in [0.15, 0.2) is 6.29 Å². The van der Waals surface area contributed by atoms with E-state index in [2.05, 4.69) is 8.87 Å². The molecule has 0 bridgehead atoms. The van der Waals surface area contributed by atoms with E-state index in [1.54, 1.807) is 11.9 Å². The van der Waals surface area contributed by atoms with Gasteiger partial charge in [-0.05, 0) is 42.2 Å². The predicted molar refractivity (Wildman–Crippen MR) is 114 cm³/mol. The van der Waals surface area contributed by atoms with Gasteiger partial charge in [0.2, 0.25) is 0 Å². The van der Waals surface area contributed by atoms with Crippen molar-refractivity contribution in [3.63, 3.8) is 0 Å². The Morgan fingerprint density at radius 3 is 2.54 bits per heavy atom. The van der Waals surface area contributed by atoms with Crippen LogP contribution in [0.15, 0.2) is 30.3 Å². The summed E-state index contributed by atoms with van der Waals surface area (Å²) in [4.78, 5) is 23.5. The van der Waals surface area contributed by atoms with Gasteiger partial charge in [-0.2, -0.15) is 0 Å². The minimum absolute atomic E-state index is 0.0538. The Morgan fingerprint density at radius 1 is 1.21 bits per heavy atom. The number of hydrogen-bond acceptors (Lipinski definition) is 4. The molecule has 0 unspecified atom stereocenters. The molecular weight excluding hydrogens is 372 g/mol. The fourth-order valence-corrected chi connectivity index (χ4v) is 4.91. The third-order valence-electron chi connectivity index (χ3n) is 5.52. The van der Waals surface area contributed by atoms with E-state index in [9.17, 15) is 14.7 Å². The number of benzene rings is 2. The van der Waals surface area contributed by atoms with Crippen molar-refractivity contribution in [1.29, 1.82) is 0 Å². The van der Waals surface area contributed by atoms with Crippen LogP contribution in [0.3, 0.4) is 0 Å². The van der Waals surface area contributed by atoms with Crippen LogP contribution in [0.25, 0.3) is 22.0 Å². The lowest BCUT2D eigenvalue weighted by atomic mass is 9.89. The Bertz CT molecular complexity index is 1100. The maximum Gasteiger partial charge on any atom is 0.307 e. The maximum absolute atomic E-state index is 11.7. The number of carbonyl (C=O) groups excluding carboxylic acids is 1. The van der Waals surface area contributed by atoms with E-state index >= 15 is 0 Å². The topological polar surface area (TPSA) is 62.5 Å². The van der Waals surface area contributed by atoms with E-state index in [0.717, 1.165) is 63.8 Å². The van der Waals surface area contributed by atoms with Gasteiger partial charge in [0.05, 0.1) is 23.3 Å². The fraction of sp³-hybridized carbons (Fsp3) is 0.273. The maximum atomic E-state index is 11.7. The molecule has 6 heteroatoms. The highest BCUT2D eigenvalue weighted by molar-refractivity contribution is 8.00. The van der Waals surface area contributed by atoms with Crippen LogP contribution in [0.1, 0.15) is 27.2 Å². The molecule has 5 nitrogen and oxygen atoms in total. The van der Waals surface area contributed by atoms with Crippen LogP contribution in [0.4, 0.5) is 5.69 Å². The summed E-state index contributed by atoms with van der Waals surface area (Å²) < 4.78 is 4.27. The van der Waals surface area contributed by atoms with Crippen molar-refractivity contribution >= 4 is 40.8 Å². The van der Waals surface area contributed by atoms with E-state index in [1.165, 1.54) is 0 Å². The Balaban J connectivity index is 2.16. The summed E-state index contributed by atoms with van der Waals surface area (Å²) in [6, 6.07) is 10.0. The van der Waals surface area contributed by atoms with Crippen LogP contribution >= 0.6 is 11.9 Å². The average molecular weight is 394 g/mol. The molecule has 0 amide bonds. The molecule has 0 radical (unpaired) electrons. The zero-order valence-corrected chi connectivity index (χ0v) is 17.0. The first-order chi connectivity index (χ1) is 13.5. The third-order valence-corrected chi connectivity index (χ3v) is 6.32. The molecule has 1 aliphatic rings. The number of carboxylic acids is 1. The largest absolute Gasteiger partial charge is 0.481 e. The van der Waals surface area contributed by atoms with Crippen LogP contribution in [0, 0.1) is 13.8 Å². The highest BCUT2D eigenvalue weighted by atomic mass is 32.2. The van der Waals surface area contributed by atoms with Crippen LogP contribution in [-0.2, 0) is 17.8 Å². The van der Waals surface area contributed by atoms with E-state index in [-0.39, 0.29) is 6.42 Å². The van der Waals surface area contributed by atoms with Crippen LogP contribution in [0.5, 0.6) is 0 Å². The fourth-order valence-electron chi connectivity index (χ4n) is 4.24. The number of rotatable bonds is 5. The van der Waals surface area contributed by atoms with E-state index < -0.39 is 5.97 Å². The van der Waals surface area contributed by atoms with E-state index in [1.807, 2.05) is 50.4 Å². The lowest BCUT2D eigenvalue weighted by molar-refractivity contribution is -0.136. The number of carbonyl (C=O) groups is 2. The molecule has 0 atom stereocenters. The van der Waals surface area contributed by atoms with Crippen molar-refractivity contribution in [3.05, 3.63) is 52.7 Å². The molecule has 4 rings (SSSR count). The number of aliphatic carboxylic acids is 1. The van der Waals surface area contributed by atoms with Gasteiger partial charge < -0.3 is 14.0 Å². The number of aryl methyl sites for hydroxylation is 1. The lowest BCUT2D eigenvalue weighted by Gasteiger charge is -2.32. The van der Waals surface area contributed by atoms with Gasteiger partial charge in [0, 0.05) is 24.7 Å². The quantitative estimate of drug-likeness (QED) is 0.511. The second kappa shape index (κ2) is 7.02. The van der Waals surface area contributed by atoms with Gasteiger partial charge in [-0.3, -0.25) is 9.59 Å². The Kier molecular flexibility index (Phi) is 4.67. The van der Waals surface area contributed by atoms with Gasteiger partial charge in [-0.25, -0.2) is 0 Å². The molecular formula is C22H22N2O3S. The molecule has 0 saturated carbocycles. The van der Waals surface area contributed by atoms with Crippen molar-refractivity contribution < 1.29 is 14.7 Å². The Morgan fingerprint density at radius 2 is 1.93 bits per heavy atom. The minimum atomic E-state index is -0.857. The summed E-state index contributed by atoms with van der Waals surface area (Å²) >= 11 is 1.63. The molecule has 1 aliphatic heterocycles. The smallest absolute Gasteiger partial charge is 0.307 e. The molecule has 0 saturated heterocycles. The van der Waals surface area contributed by atoms with Crippen molar-refractivity contribution in [3.8, 4) is 11.1 Å². The highest BCUT2D eigenvalue weighted by Gasteiger charge is 2.29. The SMILES string of the molecule is CSN1CCn2c(C=O)cc3c(-c4ccc(C)cc4)c(CC(=O)O)c(C)c1c32. The van der Waals surface area contributed by atoms with Gasteiger partial charge in [0.1, 0.15) is 0 Å². The molecule has 0 fully saturated rings. The molecule has 28 heavy (non-hydrogen) atoms. The zero-order chi connectivity index (χ0) is 20.0. The van der Waals surface area contributed by atoms with E-state index in [4.69, 9.17) is 0 Å². The number of carboxylic acid groups (broad SMARTS) is 1. The van der Waals surface area contributed by atoms with Crippen molar-refractivity contribution in [2.75, 3.05) is 17.1 Å². The molecule has 3 aromatic rings. The van der Waals surface area contributed by atoms with Gasteiger partial charge >= 0.3 is 5.97 Å². The molecule has 0 aliphatic carbocycles. The Labute approximate surface area is 168 Å². The molecule has 2 heterocycles. The first kappa shape index (κ1) is 18.6. The number of nitrogens with zero attached hydrogens (tertiary/aromatic N) is 2. The summed E-state index contributed by atoms with van der Waals surface area (Å²) in [5, 5.41) is 10.6. The first-order valence-corrected chi connectivity index (χ1v) is 10.4. The molecule has 0 spiro atoms. The van der Waals surface area contributed by atoms with Crippen LogP contribution in [0.2, 0.25) is 0 Å². The molecule has 1 aromatic heterocycles. The Hall–Kier alpha value is -2.73. The van der Waals surface area contributed by atoms with Gasteiger partial charge in [0.25, 0.3) is 0 Å². The van der Waals surface area contributed by atoms with Crippen molar-refractivity contribution in [2.45, 2.75) is 26.8 Å². The van der Waals surface area contributed by atoms with Crippen molar-refractivity contribution in [2.24, 2.45) is 0 Å². The number of anilines is 1. The average Bonchev–Trinajstić information content (AvgIpc) is 3.05. The molecule has 2 aromatic carbocycles. The van der Waals surface area contributed by atoms with E-state index in [0.29, 0.717) is 5.69 Å². The second-order valence-corrected chi connectivity index (χ2v) is 7.96. The number of aromatic nitrogens is 1. The lowest BCUT2D eigenvalue weighted by Crippen LogP contribution is -2.27. The second-order valence-electron chi connectivity index (χ2n) is 7.15. The first-order valence-electron chi connectivity index (χ1n) is 9.20. The van der Waals surface area contributed by atoms with Gasteiger partial charge in [-0.15, -0.1) is 0 Å². The van der Waals surface area contributed by atoms with Crippen molar-refractivity contribution in [1.82, 2.24) is 4.57 Å². The summed E-state index contributed by atoms with van der Waals surface area (Å²) in [6.45, 7) is 5.53. The minimum Gasteiger partial charge on any atom is -0.481 e. The monoisotopic (exact) mass is 394 g/mol. The highest BCUT2D eigenvalue weighted by Crippen LogP contribution is 2.46. The zero-order valence-electron chi connectivity index (χ0n) is 16.2. The molecule has 144 valence electrons. The summed E-state index contributed by atoms with van der Waals surface area (Å²) in [7, 11) is 0. The standard InChI is InChI=1S/C22H22N2O3S/c1-13-4-6-15(7-5-13)20-17(11-19(26)27)14(2)21-22-18(20)10-16(12-25)23(22)8-9-24(21)28-3/h4-7,10,12H,8-9,11H2,1-3H3,(H,26,27). The normalized spacial score (nSPS) is 13.2. The van der Waals surface area contributed by atoms with Crippen LogP contribution < -0.4 is 4.31 Å². The summed E-state index contributed by atoms with van der Waals surface area (Å²) in [5.41, 5.74) is 7.51. The molecule has 1 N–H and O–H groups in total. The predicted octanol–water partition coefficient (Wildman–Crippen LogP) is 4.46. The third kappa shape index (κ3) is 2.79. The number of hydrogen-bond donors (Lipinski definition) is 1. The summed E-state index contributed by atoms with van der Waals surface area (Å²) in [6.07, 6.45) is 2.86. The summed E-state index contributed by atoms with van der Waals surface area (Å²) in [5.74, 6) is -0.857. The van der Waals surface area contributed by atoms with Gasteiger partial charge in [-0.1, -0.05) is 41.8 Å². The van der Waals surface area contributed by atoms with Crippen LogP contribution in [-0.4, -0.2) is 34.7 Å². The number of aldehydes is 1.